The SMILES string of the molecule is F[B-](F)(F)C1CC12CCC(F)(F)CC2.[K+]. The molecule has 1 atom stereocenters. The van der Waals surface area contributed by atoms with Crippen LogP contribution in [-0.4, -0.2) is 12.9 Å². The molecule has 15 heavy (non-hydrogen) atoms. The molecule has 0 saturated heterocycles. The van der Waals surface area contributed by atoms with Gasteiger partial charge in [0.1, 0.15) is 0 Å². The Balaban J connectivity index is 0.00000112. The molecule has 2 saturated carbocycles. The van der Waals surface area contributed by atoms with Crippen molar-refractivity contribution in [2.75, 3.05) is 0 Å². The molecule has 0 N–H and O–H groups in total. The van der Waals surface area contributed by atoms with Gasteiger partial charge in [0.05, 0.1) is 0 Å². The van der Waals surface area contributed by atoms with Gasteiger partial charge < -0.3 is 12.9 Å². The minimum atomic E-state index is -4.81. The number of hydrogen-bond donors (Lipinski definition) is 0. The van der Waals surface area contributed by atoms with Gasteiger partial charge in [0.25, 0.3) is 0 Å². The third kappa shape index (κ3) is 2.97. The van der Waals surface area contributed by atoms with Gasteiger partial charge in [0, 0.05) is 12.8 Å². The molecule has 0 amide bonds. The molecule has 2 rings (SSSR count). The Labute approximate surface area is 128 Å². The summed E-state index contributed by atoms with van der Waals surface area (Å²) in [6.45, 7) is -4.81. The van der Waals surface area contributed by atoms with Gasteiger partial charge in [0.15, 0.2) is 0 Å². The van der Waals surface area contributed by atoms with E-state index in [4.69, 9.17) is 0 Å². The smallest absolute Gasteiger partial charge is 0.449 e. The predicted octanol–water partition coefficient (Wildman–Crippen LogP) is 0.807. The van der Waals surface area contributed by atoms with E-state index >= 15 is 0 Å². The van der Waals surface area contributed by atoms with E-state index in [1.807, 2.05) is 0 Å². The number of halogens is 5. The first-order chi connectivity index (χ1) is 6.25. The summed E-state index contributed by atoms with van der Waals surface area (Å²) in [5.74, 6) is -3.98. The zero-order valence-corrected chi connectivity index (χ0v) is 11.7. The Morgan fingerprint density at radius 1 is 0.933 bits per heavy atom. The van der Waals surface area contributed by atoms with E-state index < -0.39 is 24.1 Å². The first kappa shape index (κ1) is 14.4. The first-order valence-corrected chi connectivity index (χ1v) is 4.83. The molecular weight excluding hydrogens is 241 g/mol. The van der Waals surface area contributed by atoms with Crippen molar-refractivity contribution in [3.05, 3.63) is 0 Å². The third-order valence-corrected chi connectivity index (χ3v) is 3.69. The van der Waals surface area contributed by atoms with Gasteiger partial charge in [-0.2, -0.15) is 0 Å². The van der Waals surface area contributed by atoms with Crippen LogP contribution in [0.5, 0.6) is 0 Å². The maximum absolute atomic E-state index is 12.7. The Bertz CT molecular complexity index is 242. The van der Waals surface area contributed by atoms with Crippen LogP contribution in [0.2, 0.25) is 5.82 Å². The topological polar surface area (TPSA) is 0 Å². The second-order valence-corrected chi connectivity index (χ2v) is 4.65. The Morgan fingerprint density at radius 2 is 1.40 bits per heavy atom. The van der Waals surface area contributed by atoms with E-state index in [9.17, 15) is 21.7 Å². The summed E-state index contributed by atoms with van der Waals surface area (Å²) in [5, 5.41) is 0. The molecule has 2 aliphatic carbocycles. The molecule has 0 bridgehead atoms. The molecule has 2 fully saturated rings. The second-order valence-electron chi connectivity index (χ2n) is 4.65. The van der Waals surface area contributed by atoms with Crippen LogP contribution in [-0.2, 0) is 0 Å². The Kier molecular flexibility index (Phi) is 4.06. The minimum Gasteiger partial charge on any atom is -0.449 e. The fourth-order valence-corrected chi connectivity index (χ4v) is 2.60. The number of alkyl halides is 2. The van der Waals surface area contributed by atoms with Crippen molar-refractivity contribution in [1.29, 1.82) is 0 Å². The van der Waals surface area contributed by atoms with Crippen molar-refractivity contribution in [3.8, 4) is 0 Å². The molecule has 7 heteroatoms. The molecule has 0 nitrogen and oxygen atoms in total. The van der Waals surface area contributed by atoms with Crippen molar-refractivity contribution in [2.45, 2.75) is 43.8 Å². The van der Waals surface area contributed by atoms with Gasteiger partial charge in [-0.05, 0) is 12.8 Å². The van der Waals surface area contributed by atoms with E-state index in [2.05, 4.69) is 0 Å². The van der Waals surface area contributed by atoms with Crippen molar-refractivity contribution < 1.29 is 73.1 Å². The second kappa shape index (κ2) is 4.23. The number of rotatable bonds is 1. The summed E-state index contributed by atoms with van der Waals surface area (Å²) in [4.78, 5) is 0. The summed E-state index contributed by atoms with van der Waals surface area (Å²) in [6.07, 6.45) is -0.546. The normalized spacial score (nSPS) is 32.2. The molecule has 82 valence electrons. The van der Waals surface area contributed by atoms with Crippen LogP contribution < -0.4 is 51.4 Å². The summed E-state index contributed by atoms with van der Waals surface area (Å²) >= 11 is 0. The van der Waals surface area contributed by atoms with Crippen LogP contribution in [0.25, 0.3) is 0 Å². The van der Waals surface area contributed by atoms with Crippen LogP contribution in [0, 0.1) is 5.41 Å². The van der Waals surface area contributed by atoms with Crippen molar-refractivity contribution in [2.24, 2.45) is 5.41 Å². The van der Waals surface area contributed by atoms with Gasteiger partial charge in [-0.15, -0.1) is 0 Å². The van der Waals surface area contributed by atoms with Gasteiger partial charge in [-0.1, -0.05) is 17.7 Å². The minimum absolute atomic E-state index is 0. The maximum atomic E-state index is 12.7. The number of hydrogen-bond acceptors (Lipinski definition) is 0. The zero-order chi connectivity index (χ0) is 10.6. The molecule has 1 spiro atoms. The fourth-order valence-electron chi connectivity index (χ4n) is 2.60. The molecule has 1 unspecified atom stereocenters. The molecule has 0 aliphatic heterocycles. The van der Waals surface area contributed by atoms with Crippen molar-refractivity contribution in [1.82, 2.24) is 0 Å². The Hall–Kier alpha value is 1.35. The van der Waals surface area contributed by atoms with Gasteiger partial charge >= 0.3 is 58.4 Å². The van der Waals surface area contributed by atoms with E-state index in [1.165, 1.54) is 0 Å². The average molecular weight is 252 g/mol. The molecule has 0 heterocycles. The van der Waals surface area contributed by atoms with E-state index in [-0.39, 0.29) is 83.5 Å². The molecule has 2 aliphatic rings. The summed E-state index contributed by atoms with van der Waals surface area (Å²) < 4.78 is 62.5. The predicted molar refractivity (Wildman–Crippen MR) is 43.3 cm³/mol. The monoisotopic (exact) mass is 252 g/mol. The van der Waals surface area contributed by atoms with E-state index in [1.54, 1.807) is 0 Å². The average Bonchev–Trinajstić information content (AvgIpc) is 2.72. The fraction of sp³-hybridized carbons (Fsp3) is 1.00. The van der Waals surface area contributed by atoms with Crippen LogP contribution in [0.1, 0.15) is 32.1 Å². The van der Waals surface area contributed by atoms with Gasteiger partial charge in [0.2, 0.25) is 5.92 Å². The van der Waals surface area contributed by atoms with Gasteiger partial charge in [-0.3, -0.25) is 0 Å². The van der Waals surface area contributed by atoms with Crippen molar-refractivity contribution in [3.63, 3.8) is 0 Å². The van der Waals surface area contributed by atoms with Crippen LogP contribution >= 0.6 is 0 Å². The molecule has 0 aromatic carbocycles. The van der Waals surface area contributed by atoms with E-state index in [0.29, 0.717) is 0 Å². The first-order valence-electron chi connectivity index (χ1n) is 4.83. The largest absolute Gasteiger partial charge is 1.00 e. The van der Waals surface area contributed by atoms with Crippen molar-refractivity contribution >= 4 is 6.98 Å². The molecular formula is C8H11BF5K. The standard InChI is InChI=1S/C8H11BF5.K/c10-8(11)3-1-7(2-4-8)5-6(7)9(12,13)14;/h6H,1-5H2;/q-1;+1. The maximum Gasteiger partial charge on any atom is 1.00 e. The third-order valence-electron chi connectivity index (χ3n) is 3.69. The molecule has 0 aromatic heterocycles. The zero-order valence-electron chi connectivity index (χ0n) is 8.58. The molecule has 0 radical (unpaired) electrons. The quantitative estimate of drug-likeness (QED) is 0.478. The van der Waals surface area contributed by atoms with Crippen LogP contribution in [0.3, 0.4) is 0 Å². The summed E-state index contributed by atoms with van der Waals surface area (Å²) in [6, 6.07) is 0. The van der Waals surface area contributed by atoms with Crippen LogP contribution in [0.4, 0.5) is 21.7 Å². The summed E-state index contributed by atoms with van der Waals surface area (Å²) in [5.41, 5.74) is -0.792. The molecule has 0 aromatic rings. The van der Waals surface area contributed by atoms with Gasteiger partial charge in [-0.25, -0.2) is 8.78 Å². The van der Waals surface area contributed by atoms with E-state index in [0.717, 1.165) is 0 Å². The Morgan fingerprint density at radius 3 is 1.73 bits per heavy atom. The van der Waals surface area contributed by atoms with Crippen LogP contribution in [0.15, 0.2) is 0 Å². The summed E-state index contributed by atoms with van der Waals surface area (Å²) in [7, 11) is 0.